The lowest BCUT2D eigenvalue weighted by atomic mass is 9.83. The van der Waals surface area contributed by atoms with Gasteiger partial charge < -0.3 is 19.7 Å². The molecule has 6 nitrogen and oxygen atoms in total. The number of carbonyl (C=O) groups excluding carboxylic acids is 2. The largest absolute Gasteiger partial charge is 0.485 e. The molecule has 0 spiro atoms. The van der Waals surface area contributed by atoms with Crippen LogP contribution in [0.2, 0.25) is 0 Å². The smallest absolute Gasteiger partial charge is 0.270 e. The molecule has 148 valence electrons. The second-order valence-corrected chi connectivity index (χ2v) is 8.17. The van der Waals surface area contributed by atoms with Crippen molar-refractivity contribution in [3.8, 4) is 11.5 Å². The van der Waals surface area contributed by atoms with Crippen molar-refractivity contribution in [2.75, 3.05) is 19.7 Å². The van der Waals surface area contributed by atoms with Gasteiger partial charge in [-0.2, -0.15) is 0 Å². The van der Waals surface area contributed by atoms with Crippen molar-refractivity contribution in [3.63, 3.8) is 0 Å². The molecule has 0 aromatic heterocycles. The number of fused-ring (bicyclic) bond motifs is 1. The molecule has 2 aliphatic rings. The summed E-state index contributed by atoms with van der Waals surface area (Å²) in [7, 11) is 0. The number of benzene rings is 1. The zero-order chi connectivity index (χ0) is 19.6. The summed E-state index contributed by atoms with van der Waals surface area (Å²) >= 11 is 0. The Balaban J connectivity index is 1.62. The number of hydrogen-bond donors (Lipinski definition) is 1. The number of hydrogen-bond acceptors (Lipinski definition) is 4. The molecule has 27 heavy (non-hydrogen) atoms. The van der Waals surface area contributed by atoms with Crippen LogP contribution in [0.4, 0.5) is 0 Å². The van der Waals surface area contributed by atoms with Gasteiger partial charge in [0, 0.05) is 26.1 Å². The number of ether oxygens (including phenoxy) is 2. The summed E-state index contributed by atoms with van der Waals surface area (Å²) in [6.07, 6.45) is 1.75. The first-order chi connectivity index (χ1) is 12.8. The van der Waals surface area contributed by atoms with E-state index in [2.05, 4.69) is 19.2 Å². The van der Waals surface area contributed by atoms with Crippen LogP contribution in [0.1, 0.15) is 40.5 Å². The molecule has 2 atom stereocenters. The number of nitrogens with one attached hydrogen (secondary N) is 1. The van der Waals surface area contributed by atoms with Crippen LogP contribution in [0.15, 0.2) is 24.3 Å². The Labute approximate surface area is 161 Å². The molecule has 2 aliphatic heterocycles. The first-order valence-corrected chi connectivity index (χ1v) is 9.77. The van der Waals surface area contributed by atoms with Crippen molar-refractivity contribution in [2.24, 2.45) is 11.8 Å². The maximum atomic E-state index is 13.1. The van der Waals surface area contributed by atoms with E-state index in [4.69, 9.17) is 9.47 Å². The fourth-order valence-corrected chi connectivity index (χ4v) is 4.11. The number of likely N-dealkylation sites (tertiary alicyclic amines) is 1. The third kappa shape index (κ3) is 4.20. The van der Waals surface area contributed by atoms with Gasteiger partial charge in [-0.15, -0.1) is 0 Å². The first-order valence-electron chi connectivity index (χ1n) is 9.77. The van der Waals surface area contributed by atoms with E-state index in [1.54, 1.807) is 13.8 Å². The standard InChI is InChI=1S/C21H30N2O4/c1-14(2)19(22-15(3)24)16-9-11-23(12-10-16)20(25)21(4)13-26-17-7-5-6-8-18(17)27-21/h5-8,14,16,19H,9-13H2,1-4H3,(H,22,24). The molecule has 1 aromatic rings. The molecule has 2 heterocycles. The summed E-state index contributed by atoms with van der Waals surface area (Å²) in [5.74, 6) is 2.01. The van der Waals surface area contributed by atoms with Crippen molar-refractivity contribution in [2.45, 2.75) is 52.2 Å². The Kier molecular flexibility index (Phi) is 5.63. The fraction of sp³-hybridized carbons (Fsp3) is 0.619. The average molecular weight is 374 g/mol. The second kappa shape index (κ2) is 7.79. The number of rotatable bonds is 4. The van der Waals surface area contributed by atoms with Gasteiger partial charge in [0.15, 0.2) is 11.5 Å². The Morgan fingerprint density at radius 2 is 1.81 bits per heavy atom. The van der Waals surface area contributed by atoms with Crippen LogP contribution in [0.3, 0.4) is 0 Å². The number of amides is 2. The van der Waals surface area contributed by atoms with E-state index in [-0.39, 0.29) is 24.5 Å². The zero-order valence-electron chi connectivity index (χ0n) is 16.7. The van der Waals surface area contributed by atoms with Gasteiger partial charge in [0.1, 0.15) is 6.61 Å². The maximum absolute atomic E-state index is 13.1. The predicted octanol–water partition coefficient (Wildman–Crippen LogP) is 2.62. The topological polar surface area (TPSA) is 67.9 Å². The Hall–Kier alpha value is -2.24. The highest BCUT2D eigenvalue weighted by atomic mass is 16.6. The van der Waals surface area contributed by atoms with Gasteiger partial charge in [0.05, 0.1) is 0 Å². The third-order valence-electron chi connectivity index (χ3n) is 5.56. The van der Waals surface area contributed by atoms with Crippen molar-refractivity contribution in [1.82, 2.24) is 10.2 Å². The van der Waals surface area contributed by atoms with E-state index < -0.39 is 5.60 Å². The minimum Gasteiger partial charge on any atom is -0.485 e. The molecule has 2 amide bonds. The predicted molar refractivity (Wildman–Crippen MR) is 103 cm³/mol. The summed E-state index contributed by atoms with van der Waals surface area (Å²) in [6, 6.07) is 7.58. The van der Waals surface area contributed by atoms with Gasteiger partial charge in [-0.1, -0.05) is 26.0 Å². The highest BCUT2D eigenvalue weighted by Gasteiger charge is 2.44. The number of para-hydroxylation sites is 2. The Bertz CT molecular complexity index is 697. The summed E-state index contributed by atoms with van der Waals surface area (Å²) in [4.78, 5) is 26.5. The van der Waals surface area contributed by atoms with Crippen LogP contribution in [0.25, 0.3) is 0 Å². The normalized spacial score (nSPS) is 23.8. The minimum absolute atomic E-state index is 0.00568. The Morgan fingerprint density at radius 1 is 1.19 bits per heavy atom. The summed E-state index contributed by atoms with van der Waals surface area (Å²) in [5, 5.41) is 3.09. The summed E-state index contributed by atoms with van der Waals surface area (Å²) in [6.45, 7) is 9.18. The lowest BCUT2D eigenvalue weighted by molar-refractivity contribution is -0.153. The lowest BCUT2D eigenvalue weighted by Crippen LogP contribution is -2.58. The van der Waals surface area contributed by atoms with Crippen LogP contribution >= 0.6 is 0 Å². The van der Waals surface area contributed by atoms with Gasteiger partial charge >= 0.3 is 0 Å². The molecule has 3 rings (SSSR count). The molecule has 1 N–H and O–H groups in total. The van der Waals surface area contributed by atoms with Crippen LogP contribution < -0.4 is 14.8 Å². The maximum Gasteiger partial charge on any atom is 0.270 e. The SMILES string of the molecule is CC(=O)NC(C(C)C)C1CCN(C(=O)C2(C)COc3ccccc3O2)CC1. The van der Waals surface area contributed by atoms with Crippen molar-refractivity contribution in [3.05, 3.63) is 24.3 Å². The second-order valence-electron chi connectivity index (χ2n) is 8.17. The minimum atomic E-state index is -1.00. The molecule has 0 saturated carbocycles. The van der Waals surface area contributed by atoms with Crippen LogP contribution in [-0.2, 0) is 9.59 Å². The molecule has 0 aliphatic carbocycles. The average Bonchev–Trinajstić information content (AvgIpc) is 2.65. The molecular formula is C21H30N2O4. The Morgan fingerprint density at radius 3 is 2.41 bits per heavy atom. The summed E-state index contributed by atoms with van der Waals surface area (Å²) < 4.78 is 11.8. The van der Waals surface area contributed by atoms with E-state index in [9.17, 15) is 9.59 Å². The van der Waals surface area contributed by atoms with Crippen molar-refractivity contribution >= 4 is 11.8 Å². The number of nitrogens with zero attached hydrogens (tertiary/aromatic N) is 1. The van der Waals surface area contributed by atoms with Gasteiger partial charge in [-0.3, -0.25) is 9.59 Å². The van der Waals surface area contributed by atoms with E-state index in [0.717, 1.165) is 12.8 Å². The molecule has 6 heteroatoms. The van der Waals surface area contributed by atoms with Gasteiger partial charge in [-0.05, 0) is 43.7 Å². The highest BCUT2D eigenvalue weighted by Crippen LogP contribution is 2.36. The molecule has 0 radical (unpaired) electrons. The van der Waals surface area contributed by atoms with E-state index in [0.29, 0.717) is 36.4 Å². The first kappa shape index (κ1) is 19.5. The van der Waals surface area contributed by atoms with E-state index >= 15 is 0 Å². The molecule has 2 unspecified atom stereocenters. The lowest BCUT2D eigenvalue weighted by Gasteiger charge is -2.42. The molecule has 1 fully saturated rings. The zero-order valence-corrected chi connectivity index (χ0v) is 16.7. The number of carbonyl (C=O) groups is 2. The van der Waals surface area contributed by atoms with Crippen molar-refractivity contribution < 1.29 is 19.1 Å². The van der Waals surface area contributed by atoms with Crippen LogP contribution in [0.5, 0.6) is 11.5 Å². The summed E-state index contributed by atoms with van der Waals surface area (Å²) in [5.41, 5.74) is -1.00. The van der Waals surface area contributed by atoms with E-state index in [1.165, 1.54) is 0 Å². The van der Waals surface area contributed by atoms with Crippen LogP contribution in [0, 0.1) is 11.8 Å². The quantitative estimate of drug-likeness (QED) is 0.880. The van der Waals surface area contributed by atoms with Crippen molar-refractivity contribution in [1.29, 1.82) is 0 Å². The van der Waals surface area contributed by atoms with Gasteiger partial charge in [0.2, 0.25) is 11.5 Å². The fourth-order valence-electron chi connectivity index (χ4n) is 4.11. The highest BCUT2D eigenvalue weighted by molar-refractivity contribution is 5.86. The monoisotopic (exact) mass is 374 g/mol. The van der Waals surface area contributed by atoms with Gasteiger partial charge in [-0.25, -0.2) is 0 Å². The molecular weight excluding hydrogens is 344 g/mol. The van der Waals surface area contributed by atoms with Crippen LogP contribution in [-0.4, -0.2) is 48.1 Å². The third-order valence-corrected chi connectivity index (χ3v) is 5.56. The molecule has 1 saturated heterocycles. The van der Waals surface area contributed by atoms with Gasteiger partial charge in [0.25, 0.3) is 5.91 Å². The molecule has 1 aromatic carbocycles. The molecule has 0 bridgehead atoms. The van der Waals surface area contributed by atoms with E-state index in [1.807, 2.05) is 29.2 Å². The number of piperidine rings is 1.